The monoisotopic (exact) mass is 170 g/mol. The highest BCUT2D eigenvalue weighted by Crippen LogP contribution is 2.30. The molecule has 1 rings (SSSR count). The van der Waals surface area contributed by atoms with Crippen molar-refractivity contribution >= 4 is 0 Å². The minimum atomic E-state index is 0.557. The summed E-state index contributed by atoms with van der Waals surface area (Å²) in [5.74, 6) is 1.66. The molecule has 0 radical (unpaired) electrons. The molecule has 0 N–H and O–H groups in total. The lowest BCUT2D eigenvalue weighted by molar-refractivity contribution is 0.0157. The molecule has 12 heavy (non-hydrogen) atoms. The highest BCUT2D eigenvalue weighted by molar-refractivity contribution is 4.76. The van der Waals surface area contributed by atoms with Crippen molar-refractivity contribution in [2.75, 3.05) is 7.11 Å². The van der Waals surface area contributed by atoms with E-state index in [1.54, 1.807) is 0 Å². The van der Waals surface area contributed by atoms with Crippen LogP contribution in [-0.4, -0.2) is 13.2 Å². The topological polar surface area (TPSA) is 9.23 Å². The summed E-state index contributed by atoms with van der Waals surface area (Å²) in [7, 11) is 1.86. The largest absolute Gasteiger partial charge is 0.381 e. The summed E-state index contributed by atoms with van der Waals surface area (Å²) in [6.45, 7) is 4.61. The van der Waals surface area contributed by atoms with Gasteiger partial charge in [0.2, 0.25) is 0 Å². The summed E-state index contributed by atoms with van der Waals surface area (Å²) >= 11 is 0. The highest BCUT2D eigenvalue weighted by Gasteiger charge is 2.24. The molecule has 1 aliphatic rings. The number of ether oxygens (including phenoxy) is 1. The van der Waals surface area contributed by atoms with Crippen molar-refractivity contribution in [1.29, 1.82) is 0 Å². The molecule has 1 fully saturated rings. The van der Waals surface area contributed by atoms with Crippen LogP contribution in [-0.2, 0) is 4.74 Å². The Morgan fingerprint density at radius 3 is 2.50 bits per heavy atom. The van der Waals surface area contributed by atoms with Crippen molar-refractivity contribution in [1.82, 2.24) is 0 Å². The van der Waals surface area contributed by atoms with Crippen molar-refractivity contribution in [3.8, 4) is 0 Å². The third-order valence-electron chi connectivity index (χ3n) is 2.92. The van der Waals surface area contributed by atoms with E-state index in [0.29, 0.717) is 6.10 Å². The Kier molecular flexibility index (Phi) is 4.07. The third-order valence-corrected chi connectivity index (χ3v) is 2.92. The third kappa shape index (κ3) is 2.78. The van der Waals surface area contributed by atoms with E-state index in [0.717, 1.165) is 11.8 Å². The molecule has 0 aromatic heterocycles. The predicted octanol–water partition coefficient (Wildman–Crippen LogP) is 3.24. The lowest BCUT2D eigenvalue weighted by Gasteiger charge is -2.31. The Bertz CT molecular complexity index is 120. The zero-order valence-electron chi connectivity index (χ0n) is 8.68. The van der Waals surface area contributed by atoms with Gasteiger partial charge in [-0.15, -0.1) is 0 Å². The highest BCUT2D eigenvalue weighted by atomic mass is 16.5. The second-order valence-corrected chi connectivity index (χ2v) is 4.45. The van der Waals surface area contributed by atoms with E-state index < -0.39 is 0 Å². The smallest absolute Gasteiger partial charge is 0.0599 e. The van der Waals surface area contributed by atoms with Crippen molar-refractivity contribution in [3.63, 3.8) is 0 Å². The first-order valence-electron chi connectivity index (χ1n) is 5.26. The first kappa shape index (κ1) is 10.0. The van der Waals surface area contributed by atoms with Gasteiger partial charge >= 0.3 is 0 Å². The molecule has 1 heteroatoms. The standard InChI is InChI=1S/C11H22O/c1-9(2)8-10-6-4-5-7-11(10)12-3/h9-11H,4-8H2,1-3H3/t10-,11+/m0/s1. The van der Waals surface area contributed by atoms with Gasteiger partial charge in [-0.05, 0) is 31.1 Å². The second-order valence-electron chi connectivity index (χ2n) is 4.45. The van der Waals surface area contributed by atoms with Crippen LogP contribution in [0.25, 0.3) is 0 Å². The molecule has 72 valence electrons. The van der Waals surface area contributed by atoms with E-state index in [1.165, 1.54) is 32.1 Å². The molecule has 0 aromatic carbocycles. The first-order chi connectivity index (χ1) is 5.74. The quantitative estimate of drug-likeness (QED) is 0.632. The minimum absolute atomic E-state index is 0.557. The Hall–Kier alpha value is -0.0400. The Labute approximate surface area is 76.5 Å². The summed E-state index contributed by atoms with van der Waals surface area (Å²) in [4.78, 5) is 0. The number of methoxy groups -OCH3 is 1. The molecule has 0 heterocycles. The Morgan fingerprint density at radius 2 is 1.92 bits per heavy atom. The zero-order valence-corrected chi connectivity index (χ0v) is 8.68. The molecule has 1 aliphatic carbocycles. The van der Waals surface area contributed by atoms with E-state index in [-0.39, 0.29) is 0 Å². The van der Waals surface area contributed by atoms with Gasteiger partial charge in [0, 0.05) is 7.11 Å². The molecule has 1 nitrogen and oxygen atoms in total. The maximum atomic E-state index is 5.50. The Morgan fingerprint density at radius 1 is 1.25 bits per heavy atom. The maximum absolute atomic E-state index is 5.50. The van der Waals surface area contributed by atoms with Crippen LogP contribution in [0.4, 0.5) is 0 Å². The molecule has 0 bridgehead atoms. The van der Waals surface area contributed by atoms with Crippen LogP contribution in [0.2, 0.25) is 0 Å². The normalized spacial score (nSPS) is 31.0. The molecule has 0 unspecified atom stereocenters. The lowest BCUT2D eigenvalue weighted by Crippen LogP contribution is -2.27. The molecule has 0 amide bonds. The number of hydrogen-bond acceptors (Lipinski definition) is 1. The van der Waals surface area contributed by atoms with Gasteiger partial charge in [0.15, 0.2) is 0 Å². The van der Waals surface area contributed by atoms with Gasteiger partial charge in [0.1, 0.15) is 0 Å². The van der Waals surface area contributed by atoms with Crippen LogP contribution in [0.3, 0.4) is 0 Å². The van der Waals surface area contributed by atoms with Crippen molar-refractivity contribution in [2.45, 2.75) is 52.1 Å². The van der Waals surface area contributed by atoms with Crippen LogP contribution >= 0.6 is 0 Å². The van der Waals surface area contributed by atoms with Gasteiger partial charge in [-0.2, -0.15) is 0 Å². The summed E-state index contributed by atoms with van der Waals surface area (Å²) in [5, 5.41) is 0. The fraction of sp³-hybridized carbons (Fsp3) is 1.00. The van der Waals surface area contributed by atoms with Gasteiger partial charge in [-0.1, -0.05) is 26.7 Å². The maximum Gasteiger partial charge on any atom is 0.0599 e. The number of hydrogen-bond donors (Lipinski definition) is 0. The summed E-state index contributed by atoms with van der Waals surface area (Å²) in [6.07, 6.45) is 7.36. The van der Waals surface area contributed by atoms with Crippen LogP contribution in [0.1, 0.15) is 46.0 Å². The van der Waals surface area contributed by atoms with E-state index in [9.17, 15) is 0 Å². The van der Waals surface area contributed by atoms with Gasteiger partial charge in [0.25, 0.3) is 0 Å². The molecule has 0 saturated heterocycles. The van der Waals surface area contributed by atoms with Crippen LogP contribution in [0, 0.1) is 11.8 Å². The first-order valence-corrected chi connectivity index (χ1v) is 5.26. The van der Waals surface area contributed by atoms with Gasteiger partial charge in [-0.3, -0.25) is 0 Å². The minimum Gasteiger partial charge on any atom is -0.381 e. The zero-order chi connectivity index (χ0) is 8.97. The van der Waals surface area contributed by atoms with Gasteiger partial charge in [-0.25, -0.2) is 0 Å². The lowest BCUT2D eigenvalue weighted by atomic mass is 9.81. The average molecular weight is 170 g/mol. The van der Waals surface area contributed by atoms with Crippen LogP contribution < -0.4 is 0 Å². The van der Waals surface area contributed by atoms with E-state index in [2.05, 4.69) is 13.8 Å². The molecule has 0 spiro atoms. The summed E-state index contributed by atoms with van der Waals surface area (Å²) < 4.78 is 5.50. The molecule has 0 aliphatic heterocycles. The second kappa shape index (κ2) is 4.86. The van der Waals surface area contributed by atoms with Gasteiger partial charge < -0.3 is 4.74 Å². The van der Waals surface area contributed by atoms with Crippen LogP contribution in [0.5, 0.6) is 0 Å². The fourth-order valence-corrected chi connectivity index (χ4v) is 2.36. The van der Waals surface area contributed by atoms with E-state index in [1.807, 2.05) is 7.11 Å². The SMILES string of the molecule is CO[C@@H]1CCCC[C@H]1CC(C)C. The molecule has 2 atom stereocenters. The van der Waals surface area contributed by atoms with Crippen LogP contribution in [0.15, 0.2) is 0 Å². The predicted molar refractivity (Wildman–Crippen MR) is 52.2 cm³/mol. The fourth-order valence-electron chi connectivity index (χ4n) is 2.36. The molecule has 1 saturated carbocycles. The molecular weight excluding hydrogens is 148 g/mol. The number of rotatable bonds is 3. The summed E-state index contributed by atoms with van der Waals surface area (Å²) in [5.41, 5.74) is 0. The average Bonchev–Trinajstić information content (AvgIpc) is 2.04. The summed E-state index contributed by atoms with van der Waals surface area (Å²) in [6, 6.07) is 0. The van der Waals surface area contributed by atoms with Crippen molar-refractivity contribution in [2.24, 2.45) is 11.8 Å². The van der Waals surface area contributed by atoms with E-state index >= 15 is 0 Å². The van der Waals surface area contributed by atoms with Gasteiger partial charge in [0.05, 0.1) is 6.10 Å². The van der Waals surface area contributed by atoms with Crippen molar-refractivity contribution in [3.05, 3.63) is 0 Å². The van der Waals surface area contributed by atoms with E-state index in [4.69, 9.17) is 4.74 Å². The Balaban J connectivity index is 2.36. The molecular formula is C11H22O. The molecule has 0 aromatic rings. The van der Waals surface area contributed by atoms with Crippen molar-refractivity contribution < 1.29 is 4.74 Å².